The second-order valence-corrected chi connectivity index (χ2v) is 5.74. The first-order chi connectivity index (χ1) is 12.6. The van der Waals surface area contributed by atoms with Gasteiger partial charge in [-0.2, -0.15) is 0 Å². The van der Waals surface area contributed by atoms with Crippen LogP contribution in [-0.2, 0) is 0 Å². The maximum atomic E-state index is 13.3. The topological polar surface area (TPSA) is 46.9 Å². The van der Waals surface area contributed by atoms with Crippen LogP contribution in [0.1, 0.15) is 10.4 Å². The number of carbonyl (C=O) groups is 1. The Bertz CT molecular complexity index is 1110. The van der Waals surface area contributed by atoms with Crippen molar-refractivity contribution < 1.29 is 13.6 Å². The molecular weight excluding hydrogens is 336 g/mol. The lowest BCUT2D eigenvalue weighted by atomic mass is 10.1. The summed E-state index contributed by atoms with van der Waals surface area (Å²) in [7, 11) is 0. The molecule has 6 heteroatoms. The van der Waals surface area contributed by atoms with Crippen molar-refractivity contribution in [3.8, 4) is 5.69 Å². The standard InChI is InChI=1S/C20H13F2N3O/c21-16-8-7-14(11-17(16)22)24-20(26)13-6-9-19-18(10-13)23-12-25(19)15-4-2-1-3-5-15/h1-12H,(H,24,26). The number of para-hydroxylation sites is 1. The smallest absolute Gasteiger partial charge is 0.255 e. The maximum Gasteiger partial charge on any atom is 0.255 e. The van der Waals surface area contributed by atoms with Crippen LogP contribution >= 0.6 is 0 Å². The zero-order valence-electron chi connectivity index (χ0n) is 13.5. The molecule has 4 nitrogen and oxygen atoms in total. The highest BCUT2D eigenvalue weighted by atomic mass is 19.2. The molecule has 3 aromatic carbocycles. The molecule has 4 rings (SSSR count). The van der Waals surface area contributed by atoms with Crippen molar-refractivity contribution in [2.45, 2.75) is 0 Å². The molecule has 1 N–H and O–H groups in total. The van der Waals surface area contributed by atoms with E-state index in [4.69, 9.17) is 0 Å². The summed E-state index contributed by atoms with van der Waals surface area (Å²) in [5, 5.41) is 2.55. The first-order valence-electron chi connectivity index (χ1n) is 7.91. The molecule has 0 saturated carbocycles. The van der Waals surface area contributed by atoms with Crippen molar-refractivity contribution in [1.82, 2.24) is 9.55 Å². The van der Waals surface area contributed by atoms with E-state index in [0.29, 0.717) is 11.1 Å². The van der Waals surface area contributed by atoms with Crippen LogP contribution in [-0.4, -0.2) is 15.5 Å². The van der Waals surface area contributed by atoms with E-state index < -0.39 is 17.5 Å². The molecule has 0 atom stereocenters. The van der Waals surface area contributed by atoms with E-state index >= 15 is 0 Å². The average molecular weight is 349 g/mol. The van der Waals surface area contributed by atoms with Crippen LogP contribution in [0, 0.1) is 11.6 Å². The van der Waals surface area contributed by atoms with Crippen LogP contribution < -0.4 is 5.32 Å². The zero-order valence-corrected chi connectivity index (χ0v) is 13.5. The summed E-state index contributed by atoms with van der Waals surface area (Å²) in [4.78, 5) is 16.7. The number of rotatable bonds is 3. The van der Waals surface area contributed by atoms with Crippen LogP contribution in [0.2, 0.25) is 0 Å². The SMILES string of the molecule is O=C(Nc1ccc(F)c(F)c1)c1ccc2c(c1)ncn2-c1ccccc1. The number of nitrogens with zero attached hydrogens (tertiary/aromatic N) is 2. The van der Waals surface area contributed by atoms with Gasteiger partial charge in [0.25, 0.3) is 5.91 Å². The minimum atomic E-state index is -1.01. The lowest BCUT2D eigenvalue weighted by Crippen LogP contribution is -2.12. The van der Waals surface area contributed by atoms with Crippen LogP contribution in [0.4, 0.5) is 14.5 Å². The summed E-state index contributed by atoms with van der Waals surface area (Å²) in [6, 6.07) is 18.1. The number of aromatic nitrogens is 2. The molecule has 0 aliphatic rings. The van der Waals surface area contributed by atoms with E-state index in [1.807, 2.05) is 34.9 Å². The third-order valence-corrected chi connectivity index (χ3v) is 4.02. The Morgan fingerprint density at radius 1 is 0.923 bits per heavy atom. The average Bonchev–Trinajstić information content (AvgIpc) is 3.08. The Morgan fingerprint density at radius 2 is 1.73 bits per heavy atom. The van der Waals surface area contributed by atoms with Crippen LogP contribution in [0.3, 0.4) is 0 Å². The number of imidazole rings is 1. The van der Waals surface area contributed by atoms with Gasteiger partial charge in [0.05, 0.1) is 11.0 Å². The van der Waals surface area contributed by atoms with Gasteiger partial charge in [-0.05, 0) is 42.5 Å². The number of fused-ring (bicyclic) bond motifs is 1. The Balaban J connectivity index is 1.63. The number of anilines is 1. The van der Waals surface area contributed by atoms with Crippen molar-refractivity contribution in [2.24, 2.45) is 0 Å². The van der Waals surface area contributed by atoms with Gasteiger partial charge in [0.2, 0.25) is 0 Å². The zero-order chi connectivity index (χ0) is 18.1. The van der Waals surface area contributed by atoms with Gasteiger partial charge >= 0.3 is 0 Å². The van der Waals surface area contributed by atoms with Gasteiger partial charge in [-0.25, -0.2) is 13.8 Å². The van der Waals surface area contributed by atoms with Gasteiger partial charge in [0.1, 0.15) is 6.33 Å². The summed E-state index contributed by atoms with van der Waals surface area (Å²) < 4.78 is 28.2. The van der Waals surface area contributed by atoms with Gasteiger partial charge in [-0.15, -0.1) is 0 Å². The molecule has 0 aliphatic heterocycles. The molecule has 0 aliphatic carbocycles. The van der Waals surface area contributed by atoms with Crippen molar-refractivity contribution >= 4 is 22.6 Å². The molecule has 0 fully saturated rings. The predicted octanol–water partition coefficient (Wildman–Crippen LogP) is 4.56. The minimum Gasteiger partial charge on any atom is -0.322 e. The fraction of sp³-hybridized carbons (Fsp3) is 0. The first kappa shape index (κ1) is 16.0. The molecule has 0 saturated heterocycles. The number of amides is 1. The van der Waals surface area contributed by atoms with Gasteiger partial charge in [0, 0.05) is 23.0 Å². The Hall–Kier alpha value is -3.54. The van der Waals surface area contributed by atoms with Crippen LogP contribution in [0.15, 0.2) is 73.1 Å². The molecule has 0 bridgehead atoms. The third-order valence-electron chi connectivity index (χ3n) is 4.02. The quantitative estimate of drug-likeness (QED) is 0.589. The van der Waals surface area contributed by atoms with Crippen LogP contribution in [0.25, 0.3) is 16.7 Å². The predicted molar refractivity (Wildman–Crippen MR) is 95.4 cm³/mol. The van der Waals surface area contributed by atoms with Crippen molar-refractivity contribution in [3.05, 3.63) is 90.3 Å². The Labute approximate surface area is 147 Å². The molecular formula is C20H13F2N3O. The number of hydrogen-bond acceptors (Lipinski definition) is 2. The van der Waals surface area contributed by atoms with Gasteiger partial charge in [0.15, 0.2) is 11.6 Å². The van der Waals surface area contributed by atoms with Crippen molar-refractivity contribution in [3.63, 3.8) is 0 Å². The summed E-state index contributed by atoms with van der Waals surface area (Å²) in [6.45, 7) is 0. The lowest BCUT2D eigenvalue weighted by molar-refractivity contribution is 0.102. The monoisotopic (exact) mass is 349 g/mol. The Kier molecular flexibility index (Phi) is 3.93. The molecule has 1 aromatic heterocycles. The van der Waals surface area contributed by atoms with E-state index in [9.17, 15) is 13.6 Å². The van der Waals surface area contributed by atoms with E-state index in [-0.39, 0.29) is 5.69 Å². The highest BCUT2D eigenvalue weighted by molar-refractivity contribution is 6.06. The minimum absolute atomic E-state index is 0.184. The van der Waals surface area contributed by atoms with Gasteiger partial charge in [-0.3, -0.25) is 9.36 Å². The molecule has 1 amide bonds. The number of nitrogens with one attached hydrogen (secondary N) is 1. The first-order valence-corrected chi connectivity index (χ1v) is 7.91. The maximum absolute atomic E-state index is 13.3. The molecule has 0 unspecified atom stereocenters. The second-order valence-electron chi connectivity index (χ2n) is 5.74. The molecule has 1 heterocycles. The van der Waals surface area contributed by atoms with Crippen molar-refractivity contribution in [2.75, 3.05) is 5.32 Å². The Morgan fingerprint density at radius 3 is 2.50 bits per heavy atom. The van der Waals surface area contributed by atoms with Crippen molar-refractivity contribution in [1.29, 1.82) is 0 Å². The van der Waals surface area contributed by atoms with E-state index in [2.05, 4.69) is 10.3 Å². The summed E-state index contributed by atoms with van der Waals surface area (Å²) in [5.74, 6) is -2.40. The molecule has 4 aromatic rings. The number of carbonyl (C=O) groups excluding carboxylic acids is 1. The summed E-state index contributed by atoms with van der Waals surface area (Å²) in [6.07, 6.45) is 1.69. The van der Waals surface area contributed by atoms with Gasteiger partial charge in [-0.1, -0.05) is 18.2 Å². The van der Waals surface area contributed by atoms with Crippen LogP contribution in [0.5, 0.6) is 0 Å². The molecule has 0 spiro atoms. The molecule has 128 valence electrons. The summed E-state index contributed by atoms with van der Waals surface area (Å²) >= 11 is 0. The number of benzene rings is 3. The normalized spacial score (nSPS) is 10.8. The fourth-order valence-electron chi connectivity index (χ4n) is 2.73. The van der Waals surface area contributed by atoms with E-state index in [0.717, 1.165) is 23.3 Å². The lowest BCUT2D eigenvalue weighted by Gasteiger charge is -2.07. The second kappa shape index (κ2) is 6.40. The highest BCUT2D eigenvalue weighted by Crippen LogP contribution is 2.20. The largest absolute Gasteiger partial charge is 0.322 e. The molecule has 26 heavy (non-hydrogen) atoms. The van der Waals surface area contributed by atoms with E-state index in [1.54, 1.807) is 24.5 Å². The summed E-state index contributed by atoms with van der Waals surface area (Å²) in [5.41, 5.74) is 3.05. The third kappa shape index (κ3) is 2.93. The van der Waals surface area contributed by atoms with Gasteiger partial charge < -0.3 is 5.32 Å². The number of hydrogen-bond donors (Lipinski definition) is 1. The molecule has 0 radical (unpaired) electrons. The number of halogens is 2. The fourth-order valence-corrected chi connectivity index (χ4v) is 2.73. The van der Waals surface area contributed by atoms with E-state index in [1.165, 1.54) is 6.07 Å². The highest BCUT2D eigenvalue weighted by Gasteiger charge is 2.11.